The summed E-state index contributed by atoms with van der Waals surface area (Å²) in [6.07, 6.45) is 0.971. The smallest absolute Gasteiger partial charge is 0.340 e. The van der Waals surface area contributed by atoms with Gasteiger partial charge in [0.15, 0.2) is 0 Å². The lowest BCUT2D eigenvalue weighted by molar-refractivity contribution is -0.0328. The van der Waals surface area contributed by atoms with Crippen molar-refractivity contribution in [2.75, 3.05) is 51.2 Å². The van der Waals surface area contributed by atoms with E-state index in [1.165, 1.54) is 0 Å². The Morgan fingerprint density at radius 2 is 1.66 bits per heavy atom. The summed E-state index contributed by atoms with van der Waals surface area (Å²) < 4.78 is 38.6. The van der Waals surface area contributed by atoms with Gasteiger partial charge in [-0.05, 0) is 62.1 Å². The van der Waals surface area contributed by atoms with E-state index in [0.29, 0.717) is 0 Å². The molecule has 0 aliphatic carbocycles. The molecule has 2 aromatic carbocycles. The van der Waals surface area contributed by atoms with Crippen LogP contribution in [0.15, 0.2) is 57.2 Å². The fourth-order valence-electron chi connectivity index (χ4n) is 3.77. The number of halogens is 3. The summed E-state index contributed by atoms with van der Waals surface area (Å²) in [5.41, 5.74) is -2.32. The first-order chi connectivity index (χ1) is 13.9. The Bertz CT molecular complexity index is 851. The van der Waals surface area contributed by atoms with Crippen molar-refractivity contribution >= 4 is 34.9 Å². The molecule has 2 aliphatic heterocycles. The van der Waals surface area contributed by atoms with Crippen molar-refractivity contribution in [3.63, 3.8) is 0 Å². The van der Waals surface area contributed by atoms with Crippen LogP contribution in [0.3, 0.4) is 0 Å². The SMILES string of the molecule is CN1CCN(CCCN2c3ccccc3Sc3ccc(SC(F)(F)F)cc32)CC1. The zero-order valence-electron chi connectivity index (χ0n) is 16.3. The highest BCUT2D eigenvalue weighted by atomic mass is 32.2. The van der Waals surface area contributed by atoms with Gasteiger partial charge >= 0.3 is 5.51 Å². The Labute approximate surface area is 178 Å². The van der Waals surface area contributed by atoms with Crippen molar-refractivity contribution in [2.24, 2.45) is 0 Å². The van der Waals surface area contributed by atoms with Gasteiger partial charge in [0.2, 0.25) is 0 Å². The summed E-state index contributed by atoms with van der Waals surface area (Å²) in [7, 11) is 2.15. The number of nitrogens with zero attached hydrogens (tertiary/aromatic N) is 3. The zero-order chi connectivity index (χ0) is 20.4. The normalized spacial score (nSPS) is 17.9. The van der Waals surface area contributed by atoms with Crippen LogP contribution >= 0.6 is 23.5 Å². The van der Waals surface area contributed by atoms with E-state index in [1.807, 2.05) is 18.2 Å². The second kappa shape index (κ2) is 8.79. The summed E-state index contributed by atoms with van der Waals surface area (Å²) in [6.45, 7) is 6.12. The monoisotopic (exact) mass is 439 g/mol. The molecule has 1 fully saturated rings. The largest absolute Gasteiger partial charge is 0.446 e. The molecule has 0 saturated carbocycles. The number of thioether (sulfide) groups is 1. The maximum Gasteiger partial charge on any atom is 0.446 e. The van der Waals surface area contributed by atoms with Crippen LogP contribution in [0.25, 0.3) is 0 Å². The molecular formula is C21H24F3N3S2. The van der Waals surface area contributed by atoms with Crippen LogP contribution in [0, 0.1) is 0 Å². The predicted molar refractivity (Wildman–Crippen MR) is 114 cm³/mol. The number of rotatable bonds is 5. The molecule has 2 aromatic rings. The summed E-state index contributed by atoms with van der Waals surface area (Å²) in [4.78, 5) is 9.40. The van der Waals surface area contributed by atoms with Gasteiger partial charge in [-0.15, -0.1) is 0 Å². The van der Waals surface area contributed by atoms with E-state index in [0.717, 1.165) is 66.9 Å². The van der Waals surface area contributed by atoms with Crippen LogP contribution in [-0.4, -0.2) is 61.6 Å². The number of para-hydroxylation sites is 1. The molecule has 2 aliphatic rings. The van der Waals surface area contributed by atoms with Gasteiger partial charge in [0, 0.05) is 47.4 Å². The maximum absolute atomic E-state index is 12.9. The minimum absolute atomic E-state index is 0.0452. The Balaban J connectivity index is 1.53. The van der Waals surface area contributed by atoms with Crippen LogP contribution in [0.2, 0.25) is 0 Å². The average Bonchev–Trinajstić information content (AvgIpc) is 2.68. The van der Waals surface area contributed by atoms with Gasteiger partial charge in [0.1, 0.15) is 0 Å². The summed E-state index contributed by atoms with van der Waals surface area (Å²) in [5, 5.41) is 0. The van der Waals surface area contributed by atoms with Gasteiger partial charge in [-0.3, -0.25) is 0 Å². The van der Waals surface area contributed by atoms with Crippen molar-refractivity contribution in [3.05, 3.63) is 42.5 Å². The van der Waals surface area contributed by atoms with E-state index in [-0.39, 0.29) is 16.7 Å². The topological polar surface area (TPSA) is 9.72 Å². The molecule has 0 atom stereocenters. The first-order valence-electron chi connectivity index (χ1n) is 9.74. The van der Waals surface area contributed by atoms with Gasteiger partial charge in [-0.1, -0.05) is 23.9 Å². The predicted octanol–water partition coefficient (Wildman–Crippen LogP) is 5.54. The number of benzene rings is 2. The molecule has 0 N–H and O–H groups in total. The number of piperazine rings is 1. The van der Waals surface area contributed by atoms with Crippen LogP contribution in [-0.2, 0) is 0 Å². The molecular weight excluding hydrogens is 415 g/mol. The fourth-order valence-corrected chi connectivity index (χ4v) is 5.42. The van der Waals surface area contributed by atoms with Crippen LogP contribution in [0.5, 0.6) is 0 Å². The van der Waals surface area contributed by atoms with E-state index in [9.17, 15) is 13.2 Å². The molecule has 0 radical (unpaired) electrons. The van der Waals surface area contributed by atoms with Gasteiger partial charge in [-0.2, -0.15) is 13.2 Å². The van der Waals surface area contributed by atoms with E-state index in [2.05, 4.69) is 33.9 Å². The number of likely N-dealkylation sites (N-methyl/N-ethyl adjacent to an activating group) is 1. The Kier molecular flexibility index (Phi) is 6.34. The van der Waals surface area contributed by atoms with Crippen molar-refractivity contribution in [1.29, 1.82) is 0 Å². The minimum atomic E-state index is -4.28. The Morgan fingerprint density at radius 3 is 2.41 bits per heavy atom. The standard InChI is InChI=1S/C21H24F3N3S2/c1-25-11-13-26(14-12-25)9-4-10-27-17-5-2-3-6-19(17)28-20-8-7-16(15-18(20)27)29-21(22,23)24/h2-3,5-8,15H,4,9-14H2,1H3. The van der Waals surface area contributed by atoms with Crippen LogP contribution < -0.4 is 4.90 Å². The lowest BCUT2D eigenvalue weighted by Gasteiger charge is -2.35. The molecule has 29 heavy (non-hydrogen) atoms. The lowest BCUT2D eigenvalue weighted by atomic mass is 10.2. The summed E-state index contributed by atoms with van der Waals surface area (Å²) in [6, 6.07) is 13.2. The average molecular weight is 440 g/mol. The molecule has 0 unspecified atom stereocenters. The molecule has 0 aromatic heterocycles. The van der Waals surface area contributed by atoms with Crippen LogP contribution in [0.4, 0.5) is 24.5 Å². The van der Waals surface area contributed by atoms with Crippen LogP contribution in [0.1, 0.15) is 6.42 Å². The quantitative estimate of drug-likeness (QED) is 0.564. The maximum atomic E-state index is 12.9. The molecule has 8 heteroatoms. The highest BCUT2D eigenvalue weighted by Crippen LogP contribution is 2.50. The van der Waals surface area contributed by atoms with E-state index >= 15 is 0 Å². The molecule has 0 amide bonds. The highest BCUT2D eigenvalue weighted by molar-refractivity contribution is 8.00. The lowest BCUT2D eigenvalue weighted by Crippen LogP contribution is -2.45. The molecule has 2 heterocycles. The van der Waals surface area contributed by atoms with Crippen molar-refractivity contribution in [1.82, 2.24) is 9.80 Å². The third-order valence-electron chi connectivity index (χ3n) is 5.28. The molecule has 0 bridgehead atoms. The first-order valence-corrected chi connectivity index (χ1v) is 11.4. The van der Waals surface area contributed by atoms with Crippen molar-refractivity contribution < 1.29 is 13.2 Å². The van der Waals surface area contributed by atoms with Crippen molar-refractivity contribution in [2.45, 2.75) is 26.6 Å². The summed E-state index contributed by atoms with van der Waals surface area (Å²) >= 11 is 1.58. The molecule has 4 rings (SSSR count). The number of hydrogen-bond acceptors (Lipinski definition) is 5. The van der Waals surface area contributed by atoms with Gasteiger partial charge in [0.05, 0.1) is 11.4 Å². The minimum Gasteiger partial charge on any atom is -0.340 e. The Hall–Kier alpha value is -1.35. The molecule has 1 saturated heterocycles. The number of anilines is 2. The second-order valence-electron chi connectivity index (χ2n) is 7.40. The second-order valence-corrected chi connectivity index (χ2v) is 9.62. The zero-order valence-corrected chi connectivity index (χ0v) is 17.9. The van der Waals surface area contributed by atoms with E-state index < -0.39 is 5.51 Å². The van der Waals surface area contributed by atoms with Gasteiger partial charge in [0.25, 0.3) is 0 Å². The third kappa shape index (κ3) is 5.23. The fraction of sp³-hybridized carbons (Fsp3) is 0.429. The van der Waals surface area contributed by atoms with E-state index in [1.54, 1.807) is 23.9 Å². The summed E-state index contributed by atoms with van der Waals surface area (Å²) in [5.74, 6) is 0. The number of alkyl halides is 3. The first kappa shape index (κ1) is 20.9. The van der Waals surface area contributed by atoms with Gasteiger partial charge < -0.3 is 14.7 Å². The van der Waals surface area contributed by atoms with E-state index in [4.69, 9.17) is 0 Å². The molecule has 0 spiro atoms. The molecule has 156 valence electrons. The number of hydrogen-bond donors (Lipinski definition) is 0. The van der Waals surface area contributed by atoms with Gasteiger partial charge in [-0.25, -0.2) is 0 Å². The molecule has 3 nitrogen and oxygen atoms in total. The van der Waals surface area contributed by atoms with Crippen molar-refractivity contribution in [3.8, 4) is 0 Å². The highest BCUT2D eigenvalue weighted by Gasteiger charge is 2.31. The number of fused-ring (bicyclic) bond motifs is 2. The third-order valence-corrected chi connectivity index (χ3v) is 7.13. The Morgan fingerprint density at radius 1 is 0.931 bits per heavy atom.